The number of aliphatic hydroxyl groups is 1. The summed E-state index contributed by atoms with van der Waals surface area (Å²) in [5.74, 6) is 1.25. The Bertz CT molecular complexity index is 899. The van der Waals surface area contributed by atoms with Crippen molar-refractivity contribution in [1.82, 2.24) is 14.7 Å². The highest BCUT2D eigenvalue weighted by Crippen LogP contribution is 2.23. The van der Waals surface area contributed by atoms with Gasteiger partial charge in [-0.05, 0) is 53.4 Å². The number of hydrogen-bond acceptors (Lipinski definition) is 7. The molecule has 0 unspecified atom stereocenters. The third kappa shape index (κ3) is 6.69. The molecule has 0 fully saturated rings. The number of sulfonamides is 1. The third-order valence-corrected chi connectivity index (χ3v) is 5.85. The Morgan fingerprint density at radius 3 is 2.71 bits per heavy atom. The number of halogens is 1. The number of aromatic nitrogens is 2. The van der Waals surface area contributed by atoms with Crippen molar-refractivity contribution in [3.8, 4) is 0 Å². The van der Waals surface area contributed by atoms with Crippen molar-refractivity contribution in [2.45, 2.75) is 38.1 Å². The van der Waals surface area contributed by atoms with Crippen molar-refractivity contribution in [2.24, 2.45) is 5.92 Å². The largest absolute Gasteiger partial charge is 0.394 e. The smallest absolute Gasteiger partial charge is 0.240 e. The van der Waals surface area contributed by atoms with Crippen LogP contribution in [0.3, 0.4) is 0 Å². The van der Waals surface area contributed by atoms with Crippen LogP contribution in [0.25, 0.3) is 0 Å². The second kappa shape index (κ2) is 10.1. The standard InChI is InChI=1S/C18H26BrN5O3S.H2/c1-12(2)7-8-21-28(26,27)15-6-4-5-14(9-15)23-18-20-10-16(19)17(24-18)22-13(3)11-25;/h4-6,9-10,12-13,21,25H,7-8,11H2,1-3H3,(H2,20,22,23,24);1H/t13-;/m1./s1. The van der Waals surface area contributed by atoms with Gasteiger partial charge in [0.15, 0.2) is 0 Å². The zero-order chi connectivity index (χ0) is 20.7. The molecule has 0 aliphatic heterocycles. The third-order valence-electron chi connectivity index (χ3n) is 3.82. The Labute approximate surface area is 175 Å². The fraction of sp³-hybridized carbons (Fsp3) is 0.444. The Morgan fingerprint density at radius 1 is 1.29 bits per heavy atom. The predicted octanol–water partition coefficient (Wildman–Crippen LogP) is 3.35. The molecular weight excluding hydrogens is 446 g/mol. The van der Waals surface area contributed by atoms with Crippen LogP contribution >= 0.6 is 15.9 Å². The van der Waals surface area contributed by atoms with Crippen LogP contribution < -0.4 is 15.4 Å². The Hall–Kier alpha value is -1.75. The van der Waals surface area contributed by atoms with Gasteiger partial charge in [0, 0.05) is 25.9 Å². The maximum Gasteiger partial charge on any atom is 0.240 e. The summed E-state index contributed by atoms with van der Waals surface area (Å²) in [6.07, 6.45) is 2.35. The van der Waals surface area contributed by atoms with Crippen LogP contribution in [0.1, 0.15) is 28.6 Å². The monoisotopic (exact) mass is 473 g/mol. The van der Waals surface area contributed by atoms with E-state index < -0.39 is 10.0 Å². The average molecular weight is 474 g/mol. The van der Waals surface area contributed by atoms with Gasteiger partial charge in [-0.15, -0.1) is 0 Å². The molecule has 8 nitrogen and oxygen atoms in total. The summed E-state index contributed by atoms with van der Waals surface area (Å²) < 4.78 is 28.2. The summed E-state index contributed by atoms with van der Waals surface area (Å²) in [5, 5.41) is 15.3. The molecule has 28 heavy (non-hydrogen) atoms. The van der Waals surface area contributed by atoms with Crippen molar-refractivity contribution in [3.05, 3.63) is 34.9 Å². The highest BCUT2D eigenvalue weighted by molar-refractivity contribution is 9.10. The molecule has 156 valence electrons. The number of hydrogen-bond donors (Lipinski definition) is 4. The fourth-order valence-corrected chi connectivity index (χ4v) is 3.64. The molecule has 2 aromatic rings. The van der Waals surface area contributed by atoms with E-state index in [1.165, 1.54) is 6.07 Å². The lowest BCUT2D eigenvalue weighted by Crippen LogP contribution is -2.25. The van der Waals surface area contributed by atoms with E-state index in [-0.39, 0.29) is 19.0 Å². The van der Waals surface area contributed by atoms with E-state index in [1.54, 1.807) is 24.4 Å². The molecule has 0 spiro atoms. The Kier molecular flexibility index (Phi) is 8.17. The van der Waals surface area contributed by atoms with E-state index in [4.69, 9.17) is 0 Å². The van der Waals surface area contributed by atoms with E-state index in [9.17, 15) is 13.5 Å². The molecule has 0 radical (unpaired) electrons. The van der Waals surface area contributed by atoms with Crippen LogP contribution in [0.4, 0.5) is 17.5 Å². The van der Waals surface area contributed by atoms with E-state index in [0.717, 1.165) is 6.42 Å². The second-order valence-electron chi connectivity index (χ2n) is 6.85. The molecule has 4 N–H and O–H groups in total. The van der Waals surface area contributed by atoms with E-state index in [1.807, 2.05) is 20.8 Å². The molecule has 1 atom stereocenters. The lowest BCUT2D eigenvalue weighted by Gasteiger charge is -2.14. The van der Waals surface area contributed by atoms with Crippen LogP contribution in [-0.4, -0.2) is 42.7 Å². The van der Waals surface area contributed by atoms with E-state index in [2.05, 4.69) is 41.3 Å². The van der Waals surface area contributed by atoms with Crippen LogP contribution in [0.15, 0.2) is 39.8 Å². The van der Waals surface area contributed by atoms with Gasteiger partial charge < -0.3 is 15.7 Å². The minimum atomic E-state index is -3.58. The zero-order valence-electron chi connectivity index (χ0n) is 16.1. The molecule has 10 heteroatoms. The van der Waals surface area contributed by atoms with Gasteiger partial charge in [0.05, 0.1) is 16.0 Å². The van der Waals surface area contributed by atoms with Gasteiger partial charge in [-0.1, -0.05) is 19.9 Å². The van der Waals surface area contributed by atoms with Crippen LogP contribution in [0.5, 0.6) is 0 Å². The van der Waals surface area contributed by atoms with Crippen LogP contribution in [-0.2, 0) is 10.0 Å². The summed E-state index contributed by atoms with van der Waals surface area (Å²) in [6.45, 7) is 6.26. The maximum absolute atomic E-state index is 12.5. The van der Waals surface area contributed by atoms with Crippen molar-refractivity contribution in [2.75, 3.05) is 23.8 Å². The summed E-state index contributed by atoms with van der Waals surface area (Å²) in [6, 6.07) is 6.30. The van der Waals surface area contributed by atoms with Gasteiger partial charge in [0.1, 0.15) is 5.82 Å². The van der Waals surface area contributed by atoms with Gasteiger partial charge in [-0.3, -0.25) is 0 Å². The molecule has 1 aromatic heterocycles. The molecule has 1 heterocycles. The molecule has 0 amide bonds. The first kappa shape index (κ1) is 22.5. The molecule has 0 bridgehead atoms. The topological polar surface area (TPSA) is 116 Å². The molecule has 0 saturated heterocycles. The number of benzene rings is 1. The number of nitrogens with zero attached hydrogens (tertiary/aromatic N) is 2. The molecule has 1 aromatic carbocycles. The molecular formula is C18H28BrN5O3S. The van der Waals surface area contributed by atoms with Gasteiger partial charge >= 0.3 is 0 Å². The van der Waals surface area contributed by atoms with Gasteiger partial charge in [0.25, 0.3) is 0 Å². The first-order valence-electron chi connectivity index (χ1n) is 8.98. The minimum absolute atomic E-state index is 0. The van der Waals surface area contributed by atoms with Crippen molar-refractivity contribution in [3.63, 3.8) is 0 Å². The first-order chi connectivity index (χ1) is 13.2. The van der Waals surface area contributed by atoms with Crippen molar-refractivity contribution < 1.29 is 15.0 Å². The lowest BCUT2D eigenvalue weighted by molar-refractivity contribution is 0.281. The fourth-order valence-electron chi connectivity index (χ4n) is 2.24. The first-order valence-corrected chi connectivity index (χ1v) is 11.3. The highest BCUT2D eigenvalue weighted by Gasteiger charge is 2.15. The molecule has 0 aliphatic rings. The van der Waals surface area contributed by atoms with Gasteiger partial charge in [0.2, 0.25) is 16.0 Å². The number of rotatable bonds is 10. The normalized spacial score (nSPS) is 12.8. The predicted molar refractivity (Wildman–Crippen MR) is 116 cm³/mol. The summed E-state index contributed by atoms with van der Waals surface area (Å²) in [4.78, 5) is 8.72. The molecule has 2 rings (SSSR count). The SMILES string of the molecule is CC(C)CCNS(=O)(=O)c1cccc(Nc2ncc(Br)c(N[C@H](C)CO)n2)c1.[HH]. The Morgan fingerprint density at radius 2 is 2.04 bits per heavy atom. The summed E-state index contributed by atoms with van der Waals surface area (Å²) in [7, 11) is -3.58. The van der Waals surface area contributed by atoms with E-state index in [0.29, 0.717) is 34.4 Å². The quantitative estimate of drug-likeness (QED) is 0.417. The average Bonchev–Trinajstić information content (AvgIpc) is 2.64. The lowest BCUT2D eigenvalue weighted by atomic mass is 10.1. The maximum atomic E-state index is 12.5. The Balaban J connectivity index is 0.00000420. The van der Waals surface area contributed by atoms with Gasteiger partial charge in [-0.25, -0.2) is 18.1 Å². The van der Waals surface area contributed by atoms with Crippen molar-refractivity contribution >= 4 is 43.4 Å². The van der Waals surface area contributed by atoms with Gasteiger partial charge in [-0.2, -0.15) is 4.98 Å². The summed E-state index contributed by atoms with van der Waals surface area (Å²) in [5.41, 5.74) is 0.551. The number of nitrogens with one attached hydrogen (secondary N) is 3. The number of anilines is 3. The highest BCUT2D eigenvalue weighted by atomic mass is 79.9. The number of aliphatic hydroxyl groups excluding tert-OH is 1. The molecule has 0 aliphatic carbocycles. The minimum Gasteiger partial charge on any atom is -0.394 e. The van der Waals surface area contributed by atoms with Crippen LogP contribution in [0.2, 0.25) is 0 Å². The zero-order valence-corrected chi connectivity index (χ0v) is 18.5. The molecule has 0 saturated carbocycles. The van der Waals surface area contributed by atoms with E-state index >= 15 is 0 Å². The van der Waals surface area contributed by atoms with Crippen molar-refractivity contribution in [1.29, 1.82) is 0 Å². The second-order valence-corrected chi connectivity index (χ2v) is 9.47. The van der Waals surface area contributed by atoms with Crippen LogP contribution in [0, 0.1) is 5.92 Å². The summed E-state index contributed by atoms with van der Waals surface area (Å²) >= 11 is 3.36.